The van der Waals surface area contributed by atoms with E-state index in [1.165, 1.54) is 11.0 Å². The van der Waals surface area contributed by atoms with Crippen LogP contribution >= 0.6 is 23.2 Å². The maximum Gasteiger partial charge on any atom is 0.350 e. The van der Waals surface area contributed by atoms with Crippen molar-refractivity contribution >= 4 is 34.6 Å². The van der Waals surface area contributed by atoms with Gasteiger partial charge in [0.15, 0.2) is 0 Å². The van der Waals surface area contributed by atoms with Gasteiger partial charge in [0.05, 0.1) is 23.4 Å². The highest BCUT2D eigenvalue weighted by atomic mass is 35.5. The minimum atomic E-state index is -1.16. The summed E-state index contributed by atoms with van der Waals surface area (Å²) in [6, 6.07) is 21.5. The van der Waals surface area contributed by atoms with E-state index in [1.54, 1.807) is 34.0 Å². The molecule has 2 fully saturated rings. The Balaban J connectivity index is 0.929. The van der Waals surface area contributed by atoms with Crippen LogP contribution in [0, 0.1) is 0 Å². The fourth-order valence-corrected chi connectivity index (χ4v) is 6.67. The van der Waals surface area contributed by atoms with E-state index >= 15 is 0 Å². The second kappa shape index (κ2) is 13.6. The molecule has 2 aliphatic heterocycles. The Morgan fingerprint density at radius 2 is 1.56 bits per heavy atom. The number of rotatable bonds is 10. The largest absolute Gasteiger partial charge is 0.491 e. The van der Waals surface area contributed by atoms with E-state index in [2.05, 4.69) is 49.2 Å². The quantitative estimate of drug-likeness (QED) is 0.196. The molecule has 0 radical (unpaired) electrons. The lowest BCUT2D eigenvalue weighted by molar-refractivity contribution is -0.190. The van der Waals surface area contributed by atoms with E-state index in [1.807, 2.05) is 44.2 Å². The number of anilines is 2. The molecule has 0 N–H and O–H groups in total. The zero-order chi connectivity index (χ0) is 33.3. The summed E-state index contributed by atoms with van der Waals surface area (Å²) < 4.78 is 23.6. The molecular formula is C34H36Cl2N8O4. The number of halogens is 2. The van der Waals surface area contributed by atoms with Crippen molar-refractivity contribution in [2.45, 2.75) is 38.3 Å². The highest BCUT2D eigenvalue weighted by molar-refractivity contribution is 6.35. The summed E-state index contributed by atoms with van der Waals surface area (Å²) in [4.78, 5) is 21.4. The number of hydrogen-bond acceptors (Lipinski definition) is 9. The Kier molecular flexibility index (Phi) is 9.15. The van der Waals surface area contributed by atoms with Crippen LogP contribution in [0.1, 0.15) is 25.5 Å². The van der Waals surface area contributed by atoms with Crippen LogP contribution in [0.4, 0.5) is 11.4 Å². The third-order valence-electron chi connectivity index (χ3n) is 8.63. The van der Waals surface area contributed by atoms with Gasteiger partial charge in [0.1, 0.15) is 44.0 Å². The number of nitrogens with zero attached hydrogens (tertiary/aromatic N) is 8. The average Bonchev–Trinajstić information content (AvgIpc) is 3.85. The Labute approximate surface area is 288 Å². The molecule has 0 saturated carbocycles. The highest BCUT2D eigenvalue weighted by Crippen LogP contribution is 2.40. The van der Waals surface area contributed by atoms with Crippen LogP contribution in [-0.4, -0.2) is 74.6 Å². The maximum absolute atomic E-state index is 12.6. The molecule has 0 amide bonds. The molecule has 250 valence electrons. The molecule has 2 saturated heterocycles. The Morgan fingerprint density at radius 1 is 0.896 bits per heavy atom. The monoisotopic (exact) mass is 690 g/mol. The molecule has 5 aromatic rings. The molecule has 48 heavy (non-hydrogen) atoms. The van der Waals surface area contributed by atoms with Gasteiger partial charge in [-0.1, -0.05) is 29.3 Å². The van der Waals surface area contributed by atoms with E-state index in [0.717, 1.165) is 49.0 Å². The Bertz CT molecular complexity index is 1890. The van der Waals surface area contributed by atoms with Gasteiger partial charge in [-0.05, 0) is 74.5 Å². The second-order valence-corrected chi connectivity index (χ2v) is 13.0. The van der Waals surface area contributed by atoms with Crippen LogP contribution in [0.5, 0.6) is 5.75 Å². The summed E-state index contributed by atoms with van der Waals surface area (Å²) in [6.45, 7) is 8.32. The fourth-order valence-electron chi connectivity index (χ4n) is 6.12. The van der Waals surface area contributed by atoms with Gasteiger partial charge >= 0.3 is 5.69 Å². The fraction of sp³-hybridized carbons (Fsp3) is 0.353. The first-order valence-electron chi connectivity index (χ1n) is 15.9. The molecule has 12 nitrogen and oxygen atoms in total. The SMILES string of the molecule is CC(C)n1ncn(-c2ccc(N3CCN(c4ccc(OC[C@@H]5COC(Cn6cncn6)(c6ccc(Cl)cc6Cl)O5)cc4)CC3)cc2)c1=O. The highest BCUT2D eigenvalue weighted by Gasteiger charge is 2.45. The summed E-state index contributed by atoms with van der Waals surface area (Å²) in [7, 11) is 0. The normalized spacial score (nSPS) is 19.7. The lowest BCUT2D eigenvalue weighted by Gasteiger charge is -2.37. The smallest absolute Gasteiger partial charge is 0.350 e. The van der Waals surface area contributed by atoms with E-state index in [0.29, 0.717) is 28.8 Å². The van der Waals surface area contributed by atoms with Crippen molar-refractivity contribution in [3.8, 4) is 11.4 Å². The molecular weight excluding hydrogens is 655 g/mol. The van der Waals surface area contributed by atoms with Crippen molar-refractivity contribution in [1.29, 1.82) is 0 Å². The third kappa shape index (κ3) is 6.66. The molecule has 1 unspecified atom stereocenters. The van der Waals surface area contributed by atoms with Gasteiger partial charge in [-0.25, -0.2) is 23.7 Å². The number of hydrogen-bond donors (Lipinski definition) is 0. The van der Waals surface area contributed by atoms with Gasteiger partial charge in [0.2, 0.25) is 5.79 Å². The number of piperazine rings is 1. The van der Waals surface area contributed by atoms with Gasteiger partial charge < -0.3 is 24.0 Å². The van der Waals surface area contributed by atoms with Gasteiger partial charge in [-0.3, -0.25) is 0 Å². The summed E-state index contributed by atoms with van der Waals surface area (Å²) in [5.41, 5.74) is 3.61. The molecule has 0 aliphatic carbocycles. The van der Waals surface area contributed by atoms with Crippen LogP contribution in [0.3, 0.4) is 0 Å². The van der Waals surface area contributed by atoms with Crippen LogP contribution in [0.15, 0.2) is 90.5 Å². The lowest BCUT2D eigenvalue weighted by Crippen LogP contribution is -2.46. The molecule has 0 bridgehead atoms. The van der Waals surface area contributed by atoms with Crippen molar-refractivity contribution in [3.05, 3.63) is 112 Å². The predicted octanol–water partition coefficient (Wildman–Crippen LogP) is 5.19. The molecule has 14 heteroatoms. The summed E-state index contributed by atoms with van der Waals surface area (Å²) in [6.07, 6.45) is 4.32. The van der Waals surface area contributed by atoms with Gasteiger partial charge in [0, 0.05) is 48.1 Å². The third-order valence-corrected chi connectivity index (χ3v) is 9.18. The van der Waals surface area contributed by atoms with Crippen LogP contribution in [-0.2, 0) is 21.8 Å². The van der Waals surface area contributed by atoms with Crippen LogP contribution in [0.25, 0.3) is 5.69 Å². The molecule has 7 rings (SSSR count). The first-order valence-corrected chi connectivity index (χ1v) is 16.6. The van der Waals surface area contributed by atoms with Crippen molar-refractivity contribution < 1.29 is 14.2 Å². The number of benzene rings is 3. The van der Waals surface area contributed by atoms with Crippen LogP contribution < -0.4 is 20.2 Å². The predicted molar refractivity (Wildman–Crippen MR) is 184 cm³/mol. The topological polar surface area (TPSA) is 105 Å². The molecule has 0 spiro atoms. The zero-order valence-corrected chi connectivity index (χ0v) is 28.2. The maximum atomic E-state index is 12.6. The van der Waals surface area contributed by atoms with E-state index in [4.69, 9.17) is 37.4 Å². The van der Waals surface area contributed by atoms with Crippen molar-refractivity contribution in [2.75, 3.05) is 49.2 Å². The van der Waals surface area contributed by atoms with Gasteiger partial charge in [0.25, 0.3) is 0 Å². The first kappa shape index (κ1) is 32.2. The van der Waals surface area contributed by atoms with Crippen molar-refractivity contribution in [3.63, 3.8) is 0 Å². The van der Waals surface area contributed by atoms with Crippen molar-refractivity contribution in [1.82, 2.24) is 29.1 Å². The van der Waals surface area contributed by atoms with E-state index in [-0.39, 0.29) is 24.4 Å². The summed E-state index contributed by atoms with van der Waals surface area (Å²) in [5, 5.41) is 9.43. The molecule has 2 aliphatic rings. The molecule has 4 heterocycles. The number of aromatic nitrogens is 6. The van der Waals surface area contributed by atoms with E-state index < -0.39 is 5.79 Å². The zero-order valence-electron chi connectivity index (χ0n) is 26.7. The molecule has 2 atom stereocenters. The number of ether oxygens (including phenoxy) is 3. The van der Waals surface area contributed by atoms with Crippen molar-refractivity contribution in [2.24, 2.45) is 0 Å². The molecule has 3 aromatic carbocycles. The van der Waals surface area contributed by atoms with Crippen LogP contribution in [0.2, 0.25) is 10.0 Å². The Morgan fingerprint density at radius 3 is 2.17 bits per heavy atom. The standard InChI is InChI=1S/C34H36Cl2N8O4/c1-24(2)44-33(45)43(23-39-44)28-6-4-26(5-7-28)40-13-15-41(16-14-40)27-8-10-29(11-9-27)46-18-30-19-47-34(48-30,20-42-22-37-21-38-42)31-12-3-25(35)17-32(31)36/h3-12,17,21-24,30H,13-16,18-20H2,1-2H3/t30-,34?/m1/s1. The minimum absolute atomic E-state index is 0.0136. The summed E-state index contributed by atoms with van der Waals surface area (Å²) >= 11 is 12.7. The van der Waals surface area contributed by atoms with Gasteiger partial charge in [-0.15, -0.1) is 0 Å². The lowest BCUT2D eigenvalue weighted by atomic mass is 10.1. The first-order chi connectivity index (χ1) is 23.3. The van der Waals surface area contributed by atoms with Gasteiger partial charge in [-0.2, -0.15) is 10.2 Å². The average molecular weight is 692 g/mol. The minimum Gasteiger partial charge on any atom is -0.491 e. The molecule has 2 aromatic heterocycles. The summed E-state index contributed by atoms with van der Waals surface area (Å²) in [5.74, 6) is -0.411. The Hall–Kier alpha value is -4.36. The van der Waals surface area contributed by atoms with E-state index in [9.17, 15) is 4.79 Å². The second-order valence-electron chi connectivity index (χ2n) is 12.1.